The highest BCUT2D eigenvalue weighted by Crippen LogP contribution is 1.76. The van der Waals surface area contributed by atoms with E-state index in [1.165, 1.54) is 13.5 Å². The van der Waals surface area contributed by atoms with Gasteiger partial charge in [-0.05, 0) is 0 Å². The third-order valence-electron chi connectivity index (χ3n) is 0.819. The van der Waals surface area contributed by atoms with Crippen molar-refractivity contribution in [3.05, 3.63) is 0 Å². The second kappa shape index (κ2) is 17.9. The molecular weight excluding hydrogens is 184 g/mol. The molecule has 0 bridgehead atoms. The molecule has 0 saturated heterocycles. The third-order valence-corrected chi connectivity index (χ3v) is 0.819. The normalized spacial score (nSPS) is 7.21. The Labute approximate surface area is 86.3 Å². The molecule has 0 unspecified atom stereocenters. The zero-order valence-corrected chi connectivity index (χ0v) is 9.79. The molecule has 4 nitrogen and oxygen atoms in total. The second-order valence-corrected chi connectivity index (χ2v) is 2.38. The number of carboxylic acids is 1. The first-order chi connectivity index (χ1) is 6.49. The van der Waals surface area contributed by atoms with E-state index in [1.54, 1.807) is 13.8 Å². The lowest BCUT2D eigenvalue weighted by Crippen LogP contribution is -1.94. The lowest BCUT2D eigenvalue weighted by molar-refractivity contribution is -0.140. The van der Waals surface area contributed by atoms with Gasteiger partial charge >= 0.3 is 11.9 Å². The van der Waals surface area contributed by atoms with Gasteiger partial charge in [0.25, 0.3) is 0 Å². The lowest BCUT2D eigenvalue weighted by atomic mass is 10.5. The number of carbonyl (C=O) groups is 2. The Morgan fingerprint density at radius 2 is 1.36 bits per heavy atom. The van der Waals surface area contributed by atoms with E-state index >= 15 is 0 Å². The van der Waals surface area contributed by atoms with E-state index in [1.807, 2.05) is 0 Å². The minimum Gasteiger partial charge on any atom is -0.481 e. The van der Waals surface area contributed by atoms with Crippen LogP contribution in [0.1, 0.15) is 47.0 Å². The fraction of sp³-hybridized carbons (Fsp3) is 0.800. The molecule has 4 heteroatoms. The Bertz CT molecular complexity index is 126. The molecule has 0 aliphatic rings. The molecule has 0 saturated carbocycles. The van der Waals surface area contributed by atoms with Crippen molar-refractivity contribution in [1.82, 2.24) is 0 Å². The van der Waals surface area contributed by atoms with Gasteiger partial charge in [-0.2, -0.15) is 0 Å². The van der Waals surface area contributed by atoms with Gasteiger partial charge in [0, 0.05) is 12.8 Å². The van der Waals surface area contributed by atoms with Crippen LogP contribution in [0.5, 0.6) is 0 Å². The van der Waals surface area contributed by atoms with Crippen molar-refractivity contribution in [2.45, 2.75) is 47.0 Å². The Kier molecular flexibility index (Phi) is 23.8. The van der Waals surface area contributed by atoms with Gasteiger partial charge in [0.2, 0.25) is 0 Å². The Morgan fingerprint density at radius 3 is 1.36 bits per heavy atom. The quantitative estimate of drug-likeness (QED) is 0.705. The molecule has 0 aliphatic carbocycles. The van der Waals surface area contributed by atoms with Gasteiger partial charge in [0.1, 0.15) is 0 Å². The van der Waals surface area contributed by atoms with E-state index < -0.39 is 5.97 Å². The SMILES string of the molecule is CCC.CCC(=O)O.CCC(=O)OC. The Morgan fingerprint density at radius 1 is 1.07 bits per heavy atom. The van der Waals surface area contributed by atoms with E-state index in [9.17, 15) is 9.59 Å². The maximum Gasteiger partial charge on any atom is 0.305 e. The zero-order chi connectivity index (χ0) is 12.0. The number of ether oxygens (including phenoxy) is 1. The predicted molar refractivity (Wildman–Crippen MR) is 56.2 cm³/mol. The number of carboxylic acid groups (broad SMARTS) is 1. The summed E-state index contributed by atoms with van der Waals surface area (Å²) in [6.07, 6.45) is 1.94. The first kappa shape index (κ1) is 18.7. The van der Waals surface area contributed by atoms with Crippen LogP contribution < -0.4 is 0 Å². The molecule has 0 atom stereocenters. The number of methoxy groups -OCH3 is 1. The van der Waals surface area contributed by atoms with Crippen LogP contribution in [0.25, 0.3) is 0 Å². The minimum absolute atomic E-state index is 0.157. The Balaban J connectivity index is -0.000000138. The monoisotopic (exact) mass is 206 g/mol. The van der Waals surface area contributed by atoms with Gasteiger partial charge in [-0.3, -0.25) is 9.59 Å². The van der Waals surface area contributed by atoms with Gasteiger partial charge in [-0.1, -0.05) is 34.1 Å². The van der Waals surface area contributed by atoms with E-state index in [0.29, 0.717) is 6.42 Å². The summed E-state index contributed by atoms with van der Waals surface area (Å²) < 4.78 is 4.26. The topological polar surface area (TPSA) is 63.6 Å². The van der Waals surface area contributed by atoms with Gasteiger partial charge in [0.15, 0.2) is 0 Å². The number of rotatable bonds is 2. The van der Waals surface area contributed by atoms with Crippen LogP contribution in [0.15, 0.2) is 0 Å². The van der Waals surface area contributed by atoms with Crippen LogP contribution in [0.3, 0.4) is 0 Å². The molecule has 0 amide bonds. The minimum atomic E-state index is -0.745. The first-order valence-corrected chi connectivity index (χ1v) is 4.78. The number of carbonyl (C=O) groups excluding carboxylic acids is 1. The molecule has 0 rings (SSSR count). The molecule has 0 aliphatic heterocycles. The summed E-state index contributed by atoms with van der Waals surface area (Å²) in [4.78, 5) is 19.3. The van der Waals surface area contributed by atoms with E-state index in [0.717, 1.165) is 0 Å². The summed E-state index contributed by atoms with van der Waals surface area (Å²) in [7, 11) is 1.38. The van der Waals surface area contributed by atoms with Crippen LogP contribution in [-0.2, 0) is 14.3 Å². The van der Waals surface area contributed by atoms with E-state index in [4.69, 9.17) is 5.11 Å². The molecule has 0 aromatic heterocycles. The largest absolute Gasteiger partial charge is 0.481 e. The fourth-order valence-electron chi connectivity index (χ4n) is 0.144. The lowest BCUT2D eigenvalue weighted by Gasteiger charge is -1.87. The van der Waals surface area contributed by atoms with Crippen molar-refractivity contribution in [2.24, 2.45) is 0 Å². The van der Waals surface area contributed by atoms with Crippen LogP contribution in [0, 0.1) is 0 Å². The summed E-state index contributed by atoms with van der Waals surface area (Å²) in [6.45, 7) is 7.61. The van der Waals surface area contributed by atoms with E-state index in [2.05, 4.69) is 18.6 Å². The van der Waals surface area contributed by atoms with Crippen LogP contribution in [0.4, 0.5) is 0 Å². The molecule has 0 spiro atoms. The van der Waals surface area contributed by atoms with Crippen molar-refractivity contribution in [1.29, 1.82) is 0 Å². The standard InChI is InChI=1S/C4H8O2.C3H6O2.C3H8/c1-3-4(5)6-2;1-2-3(4)5;1-3-2/h3H2,1-2H3;2H2,1H3,(H,4,5);3H2,1-2H3. The number of esters is 1. The van der Waals surface area contributed by atoms with Gasteiger partial charge in [-0.15, -0.1) is 0 Å². The highest BCUT2D eigenvalue weighted by Gasteiger charge is 1.87. The molecule has 0 radical (unpaired) electrons. The molecule has 0 aromatic carbocycles. The summed E-state index contributed by atoms with van der Waals surface area (Å²) in [5, 5.41) is 7.72. The number of aliphatic carboxylic acids is 1. The van der Waals surface area contributed by atoms with Crippen molar-refractivity contribution >= 4 is 11.9 Å². The zero-order valence-electron chi connectivity index (χ0n) is 9.79. The van der Waals surface area contributed by atoms with Gasteiger partial charge in [0.05, 0.1) is 7.11 Å². The molecule has 1 N–H and O–H groups in total. The molecule has 0 fully saturated rings. The van der Waals surface area contributed by atoms with Gasteiger partial charge < -0.3 is 9.84 Å². The molecule has 0 aromatic rings. The van der Waals surface area contributed by atoms with Crippen molar-refractivity contribution in [3.63, 3.8) is 0 Å². The highest BCUT2D eigenvalue weighted by molar-refractivity contribution is 5.68. The number of hydrogen-bond acceptors (Lipinski definition) is 3. The third kappa shape index (κ3) is 44.3. The van der Waals surface area contributed by atoms with Gasteiger partial charge in [-0.25, -0.2) is 0 Å². The summed E-state index contributed by atoms with van der Waals surface area (Å²) in [5.74, 6) is -0.903. The maximum atomic E-state index is 9.96. The molecule has 86 valence electrons. The maximum absolute atomic E-state index is 9.96. The summed E-state index contributed by atoms with van der Waals surface area (Å²) in [5.41, 5.74) is 0. The highest BCUT2D eigenvalue weighted by atomic mass is 16.5. The number of hydrogen-bond donors (Lipinski definition) is 1. The van der Waals surface area contributed by atoms with Crippen molar-refractivity contribution < 1.29 is 19.4 Å². The van der Waals surface area contributed by atoms with Crippen molar-refractivity contribution in [2.75, 3.05) is 7.11 Å². The smallest absolute Gasteiger partial charge is 0.305 e. The van der Waals surface area contributed by atoms with Crippen LogP contribution >= 0.6 is 0 Å². The summed E-state index contributed by atoms with van der Waals surface area (Å²) in [6, 6.07) is 0. The summed E-state index contributed by atoms with van der Waals surface area (Å²) >= 11 is 0. The van der Waals surface area contributed by atoms with Crippen LogP contribution in [-0.4, -0.2) is 24.2 Å². The second-order valence-electron chi connectivity index (χ2n) is 2.38. The van der Waals surface area contributed by atoms with Crippen molar-refractivity contribution in [3.8, 4) is 0 Å². The fourth-order valence-corrected chi connectivity index (χ4v) is 0.144. The van der Waals surface area contributed by atoms with Crippen LogP contribution in [0.2, 0.25) is 0 Å². The van der Waals surface area contributed by atoms with E-state index in [-0.39, 0.29) is 12.4 Å². The predicted octanol–water partition coefficient (Wildman–Crippen LogP) is 2.47. The molecule has 14 heavy (non-hydrogen) atoms. The average Bonchev–Trinajstić information content (AvgIpc) is 2.18. The average molecular weight is 206 g/mol. The molecular formula is C10H22O4. The molecule has 0 heterocycles. The Hall–Kier alpha value is -1.06. The first-order valence-electron chi connectivity index (χ1n) is 4.78.